The van der Waals surface area contributed by atoms with Crippen LogP contribution in [0.3, 0.4) is 0 Å². The third-order valence-corrected chi connectivity index (χ3v) is 4.24. The number of aryl methyl sites for hydroxylation is 3. The average Bonchev–Trinajstić information content (AvgIpc) is 2.93. The fraction of sp³-hybridized carbons (Fsp3) is 0.368. The van der Waals surface area contributed by atoms with Crippen molar-refractivity contribution in [2.24, 2.45) is 0 Å². The van der Waals surface area contributed by atoms with Crippen LogP contribution in [0.4, 0.5) is 0 Å². The second-order valence-electron chi connectivity index (χ2n) is 5.95. The lowest BCUT2D eigenvalue weighted by Crippen LogP contribution is -1.99. The molecule has 1 aliphatic rings. The molecule has 0 aliphatic heterocycles. The summed E-state index contributed by atoms with van der Waals surface area (Å²) in [5.41, 5.74) is 6.20. The SMILES string of the molecule is Cc1cc([C@H](C)O)ccc1OCc1ccc2c(c1)CCC2. The van der Waals surface area contributed by atoms with Gasteiger partial charge in [0.25, 0.3) is 0 Å². The molecule has 2 heteroatoms. The fourth-order valence-corrected chi connectivity index (χ4v) is 2.97. The lowest BCUT2D eigenvalue weighted by Gasteiger charge is -2.12. The van der Waals surface area contributed by atoms with Gasteiger partial charge in [0.1, 0.15) is 12.4 Å². The first-order valence-corrected chi connectivity index (χ1v) is 7.65. The normalized spacial score (nSPS) is 14.8. The zero-order valence-corrected chi connectivity index (χ0v) is 12.7. The van der Waals surface area contributed by atoms with Gasteiger partial charge in [-0.25, -0.2) is 0 Å². The molecule has 0 fully saturated rings. The molecule has 0 aromatic heterocycles. The van der Waals surface area contributed by atoms with Gasteiger partial charge in [0.05, 0.1) is 6.10 Å². The Morgan fingerprint density at radius 1 is 1.10 bits per heavy atom. The second-order valence-corrected chi connectivity index (χ2v) is 5.95. The van der Waals surface area contributed by atoms with Crippen molar-refractivity contribution in [3.8, 4) is 5.75 Å². The van der Waals surface area contributed by atoms with Gasteiger partial charge >= 0.3 is 0 Å². The molecule has 0 bridgehead atoms. The molecule has 0 saturated carbocycles. The number of benzene rings is 2. The van der Waals surface area contributed by atoms with E-state index in [-0.39, 0.29) is 0 Å². The van der Waals surface area contributed by atoms with Gasteiger partial charge in [0.15, 0.2) is 0 Å². The summed E-state index contributed by atoms with van der Waals surface area (Å²) in [6, 6.07) is 12.6. The van der Waals surface area contributed by atoms with Crippen molar-refractivity contribution in [1.82, 2.24) is 0 Å². The highest BCUT2D eigenvalue weighted by Crippen LogP contribution is 2.25. The van der Waals surface area contributed by atoms with E-state index in [1.54, 1.807) is 6.92 Å². The molecule has 1 aliphatic carbocycles. The third-order valence-electron chi connectivity index (χ3n) is 4.24. The van der Waals surface area contributed by atoms with E-state index in [0.717, 1.165) is 16.9 Å². The van der Waals surface area contributed by atoms with E-state index >= 15 is 0 Å². The minimum atomic E-state index is -0.436. The van der Waals surface area contributed by atoms with E-state index < -0.39 is 6.10 Å². The van der Waals surface area contributed by atoms with Gasteiger partial charge in [-0.15, -0.1) is 0 Å². The molecular weight excluding hydrogens is 260 g/mol. The van der Waals surface area contributed by atoms with Gasteiger partial charge in [-0.1, -0.05) is 24.3 Å². The Bertz CT molecular complexity index is 644. The maximum absolute atomic E-state index is 9.60. The maximum atomic E-state index is 9.60. The van der Waals surface area contributed by atoms with Crippen molar-refractivity contribution in [3.63, 3.8) is 0 Å². The summed E-state index contributed by atoms with van der Waals surface area (Å²) in [7, 11) is 0. The van der Waals surface area contributed by atoms with Crippen LogP contribution in [0.1, 0.15) is 47.3 Å². The molecule has 0 heterocycles. The molecule has 0 amide bonds. The molecule has 2 aromatic rings. The Morgan fingerprint density at radius 2 is 1.90 bits per heavy atom. The number of aliphatic hydroxyl groups is 1. The van der Waals surface area contributed by atoms with Gasteiger partial charge in [0.2, 0.25) is 0 Å². The molecule has 1 atom stereocenters. The Kier molecular flexibility index (Phi) is 3.98. The molecule has 0 unspecified atom stereocenters. The van der Waals surface area contributed by atoms with Gasteiger partial charge in [-0.05, 0) is 73.1 Å². The molecule has 3 rings (SSSR count). The monoisotopic (exact) mass is 282 g/mol. The van der Waals surface area contributed by atoms with Crippen LogP contribution in [-0.4, -0.2) is 5.11 Å². The molecule has 2 aromatic carbocycles. The van der Waals surface area contributed by atoms with Crippen molar-refractivity contribution >= 4 is 0 Å². The zero-order chi connectivity index (χ0) is 14.8. The smallest absolute Gasteiger partial charge is 0.122 e. The molecule has 2 nitrogen and oxygen atoms in total. The summed E-state index contributed by atoms with van der Waals surface area (Å²) in [4.78, 5) is 0. The van der Waals surface area contributed by atoms with Crippen molar-refractivity contribution in [3.05, 3.63) is 64.2 Å². The van der Waals surface area contributed by atoms with Gasteiger partial charge < -0.3 is 9.84 Å². The molecule has 0 radical (unpaired) electrons. The van der Waals surface area contributed by atoms with Crippen LogP contribution in [0.5, 0.6) is 5.75 Å². The van der Waals surface area contributed by atoms with Crippen LogP contribution in [0.2, 0.25) is 0 Å². The lowest BCUT2D eigenvalue weighted by molar-refractivity contribution is 0.199. The van der Waals surface area contributed by atoms with Crippen LogP contribution in [0.15, 0.2) is 36.4 Å². The zero-order valence-electron chi connectivity index (χ0n) is 12.7. The summed E-state index contributed by atoms with van der Waals surface area (Å²) in [6.45, 7) is 4.39. The van der Waals surface area contributed by atoms with E-state index in [2.05, 4.69) is 18.2 Å². The summed E-state index contributed by atoms with van der Waals surface area (Å²) in [5, 5.41) is 9.60. The molecule has 0 spiro atoms. The molecular formula is C19H22O2. The summed E-state index contributed by atoms with van der Waals surface area (Å²) < 4.78 is 5.94. The predicted octanol–water partition coefficient (Wildman–Crippen LogP) is 4.12. The maximum Gasteiger partial charge on any atom is 0.122 e. The minimum Gasteiger partial charge on any atom is -0.489 e. The van der Waals surface area contributed by atoms with Crippen molar-refractivity contribution in [1.29, 1.82) is 0 Å². The Morgan fingerprint density at radius 3 is 2.67 bits per heavy atom. The van der Waals surface area contributed by atoms with E-state index in [0.29, 0.717) is 6.61 Å². The molecule has 0 saturated heterocycles. The molecule has 110 valence electrons. The van der Waals surface area contributed by atoms with Gasteiger partial charge in [0, 0.05) is 0 Å². The highest BCUT2D eigenvalue weighted by atomic mass is 16.5. The first-order chi connectivity index (χ1) is 10.1. The second kappa shape index (κ2) is 5.90. The number of fused-ring (bicyclic) bond motifs is 1. The highest BCUT2D eigenvalue weighted by Gasteiger charge is 2.11. The summed E-state index contributed by atoms with van der Waals surface area (Å²) >= 11 is 0. The Hall–Kier alpha value is -1.80. The molecule has 1 N–H and O–H groups in total. The van der Waals surface area contributed by atoms with Gasteiger partial charge in [-0.2, -0.15) is 0 Å². The van der Waals surface area contributed by atoms with Crippen molar-refractivity contribution in [2.75, 3.05) is 0 Å². The fourth-order valence-electron chi connectivity index (χ4n) is 2.97. The third kappa shape index (κ3) is 3.11. The predicted molar refractivity (Wildman–Crippen MR) is 84.6 cm³/mol. The van der Waals surface area contributed by atoms with Crippen LogP contribution >= 0.6 is 0 Å². The Labute approximate surface area is 126 Å². The molecule has 21 heavy (non-hydrogen) atoms. The van der Waals surface area contributed by atoms with Crippen LogP contribution in [0, 0.1) is 6.92 Å². The number of rotatable bonds is 4. The first-order valence-electron chi connectivity index (χ1n) is 7.65. The number of aliphatic hydroxyl groups excluding tert-OH is 1. The largest absolute Gasteiger partial charge is 0.489 e. The number of hydrogen-bond donors (Lipinski definition) is 1. The summed E-state index contributed by atoms with van der Waals surface area (Å²) in [5.74, 6) is 0.889. The van der Waals surface area contributed by atoms with E-state index in [4.69, 9.17) is 4.74 Å². The first kappa shape index (κ1) is 14.2. The van der Waals surface area contributed by atoms with Gasteiger partial charge in [-0.3, -0.25) is 0 Å². The average molecular weight is 282 g/mol. The topological polar surface area (TPSA) is 29.5 Å². The number of ether oxygens (including phenoxy) is 1. The van der Waals surface area contributed by atoms with Crippen LogP contribution in [-0.2, 0) is 19.4 Å². The van der Waals surface area contributed by atoms with E-state index in [1.165, 1.54) is 36.0 Å². The van der Waals surface area contributed by atoms with Crippen LogP contribution in [0.25, 0.3) is 0 Å². The number of hydrogen-bond acceptors (Lipinski definition) is 2. The van der Waals surface area contributed by atoms with Crippen molar-refractivity contribution in [2.45, 2.75) is 45.8 Å². The summed E-state index contributed by atoms with van der Waals surface area (Å²) in [6.07, 6.45) is 3.26. The van der Waals surface area contributed by atoms with E-state index in [1.807, 2.05) is 25.1 Å². The van der Waals surface area contributed by atoms with Crippen LogP contribution < -0.4 is 4.74 Å². The lowest BCUT2D eigenvalue weighted by atomic mass is 10.1. The highest BCUT2D eigenvalue weighted by molar-refractivity contribution is 5.38. The Balaban J connectivity index is 1.70. The van der Waals surface area contributed by atoms with E-state index in [9.17, 15) is 5.11 Å². The quantitative estimate of drug-likeness (QED) is 0.914. The van der Waals surface area contributed by atoms with Crippen molar-refractivity contribution < 1.29 is 9.84 Å². The minimum absolute atomic E-state index is 0.436. The standard InChI is InChI=1S/C19H22O2/c1-13-10-17(14(2)20)8-9-19(13)21-12-15-6-7-16-4-3-5-18(16)11-15/h6-11,14,20H,3-5,12H2,1-2H3/t14-/m0/s1.